The zero-order valence-electron chi connectivity index (χ0n) is 15.6. The Kier molecular flexibility index (Phi) is 6.01. The van der Waals surface area contributed by atoms with Gasteiger partial charge in [0, 0.05) is 23.4 Å². The van der Waals surface area contributed by atoms with E-state index in [9.17, 15) is 14.9 Å². The van der Waals surface area contributed by atoms with Crippen LogP contribution in [-0.2, 0) is 5.75 Å². The summed E-state index contributed by atoms with van der Waals surface area (Å²) in [6, 6.07) is 20.2. The van der Waals surface area contributed by atoms with Crippen LogP contribution in [0.5, 0.6) is 0 Å². The van der Waals surface area contributed by atoms with E-state index < -0.39 is 4.92 Å². The highest BCUT2D eigenvalue weighted by molar-refractivity contribution is 8.00. The van der Waals surface area contributed by atoms with Gasteiger partial charge in [0.2, 0.25) is 5.13 Å². The number of non-ortho nitro benzene ring substituents is 1. The van der Waals surface area contributed by atoms with E-state index in [2.05, 4.69) is 39.8 Å². The lowest BCUT2D eigenvalue weighted by Crippen LogP contribution is -2.14. The normalized spacial score (nSPS) is 10.8. The number of anilines is 1. The maximum absolute atomic E-state index is 12.3. The first-order valence-electron chi connectivity index (χ1n) is 9.04. The van der Waals surface area contributed by atoms with Crippen molar-refractivity contribution in [2.24, 2.45) is 0 Å². The second-order valence-electron chi connectivity index (χ2n) is 6.38. The molecule has 0 radical (unpaired) electrons. The van der Waals surface area contributed by atoms with Gasteiger partial charge in [0.15, 0.2) is 10.1 Å². The highest BCUT2D eigenvalue weighted by Gasteiger charge is 2.13. The predicted octanol–water partition coefficient (Wildman–Crippen LogP) is 5.19. The molecule has 1 N–H and O–H groups in total. The molecule has 150 valence electrons. The Morgan fingerprint density at radius 2 is 1.87 bits per heavy atom. The molecule has 0 fully saturated rings. The van der Waals surface area contributed by atoms with Gasteiger partial charge in [0.1, 0.15) is 0 Å². The largest absolute Gasteiger partial charge is 0.353 e. The molecule has 4 aromatic rings. The van der Waals surface area contributed by atoms with Gasteiger partial charge in [-0.2, -0.15) is 0 Å². The fourth-order valence-electron chi connectivity index (χ4n) is 2.95. The number of nitrogens with zero attached hydrogens (tertiary/aromatic N) is 3. The van der Waals surface area contributed by atoms with Gasteiger partial charge in [-0.3, -0.25) is 14.9 Å². The van der Waals surface area contributed by atoms with E-state index in [4.69, 9.17) is 0 Å². The van der Waals surface area contributed by atoms with Crippen LogP contribution in [0.25, 0.3) is 10.8 Å². The van der Waals surface area contributed by atoms with Crippen molar-refractivity contribution in [3.05, 3.63) is 88.0 Å². The second kappa shape index (κ2) is 9.02. The summed E-state index contributed by atoms with van der Waals surface area (Å²) < 4.78 is 0.799. The van der Waals surface area contributed by atoms with Crippen LogP contribution < -0.4 is 5.32 Å². The van der Waals surface area contributed by atoms with Crippen molar-refractivity contribution >= 4 is 50.5 Å². The first kappa shape index (κ1) is 20.0. The van der Waals surface area contributed by atoms with Gasteiger partial charge in [-0.15, -0.1) is 10.2 Å². The molecule has 0 saturated heterocycles. The number of nitrogens with one attached hydrogen (secondary N) is 1. The van der Waals surface area contributed by atoms with Gasteiger partial charge in [-0.05, 0) is 16.3 Å². The molecule has 0 saturated carbocycles. The Balaban J connectivity index is 1.36. The number of nitro groups is 1. The van der Waals surface area contributed by atoms with Gasteiger partial charge in [0.25, 0.3) is 5.69 Å². The molecular weight excluding hydrogens is 420 g/mol. The fourth-order valence-corrected chi connectivity index (χ4v) is 4.70. The smallest absolute Gasteiger partial charge is 0.270 e. The van der Waals surface area contributed by atoms with E-state index in [1.54, 1.807) is 17.8 Å². The average Bonchev–Trinajstić information content (AvgIpc) is 3.24. The lowest BCUT2D eigenvalue weighted by atomic mass is 10.1. The third kappa shape index (κ3) is 4.64. The molecule has 0 bridgehead atoms. The number of hydrogen-bond acceptors (Lipinski definition) is 8. The molecule has 1 aromatic heterocycles. The summed E-state index contributed by atoms with van der Waals surface area (Å²) in [6.45, 7) is -0.0101. The van der Waals surface area contributed by atoms with Crippen LogP contribution in [0.2, 0.25) is 0 Å². The summed E-state index contributed by atoms with van der Waals surface area (Å²) in [5.41, 5.74) is 1.40. The molecule has 4 rings (SSSR count). The molecule has 0 spiro atoms. The van der Waals surface area contributed by atoms with Crippen LogP contribution >= 0.6 is 23.1 Å². The summed E-state index contributed by atoms with van der Waals surface area (Å²) in [7, 11) is 0. The molecule has 0 amide bonds. The minimum absolute atomic E-state index is 0.0101. The molecule has 0 aliphatic carbocycles. The van der Waals surface area contributed by atoms with E-state index in [1.165, 1.54) is 45.9 Å². The van der Waals surface area contributed by atoms with Crippen LogP contribution in [0.4, 0.5) is 10.8 Å². The number of benzene rings is 3. The summed E-state index contributed by atoms with van der Waals surface area (Å²) >= 11 is 2.96. The average molecular weight is 437 g/mol. The highest BCUT2D eigenvalue weighted by Crippen LogP contribution is 2.30. The summed E-state index contributed by atoms with van der Waals surface area (Å²) in [5, 5.41) is 25.0. The maximum Gasteiger partial charge on any atom is 0.270 e. The third-order valence-electron chi connectivity index (χ3n) is 4.42. The van der Waals surface area contributed by atoms with E-state index in [1.807, 2.05) is 18.2 Å². The standard InChI is InChI=1S/C21H16N4O3S2/c26-19(15-7-4-9-17(11-15)25(27)28)12-22-20-23-24-21(30-20)29-13-16-8-3-6-14-5-1-2-10-18(14)16/h1-11H,12-13H2,(H,22,23). The predicted molar refractivity (Wildman–Crippen MR) is 119 cm³/mol. The molecule has 7 nitrogen and oxygen atoms in total. The number of carbonyl (C=O) groups excluding carboxylic acids is 1. The van der Waals surface area contributed by atoms with Crippen LogP contribution in [0.15, 0.2) is 71.1 Å². The Hall–Kier alpha value is -3.30. The summed E-state index contributed by atoms with van der Waals surface area (Å²) in [6.07, 6.45) is 0. The van der Waals surface area contributed by atoms with Crippen molar-refractivity contribution in [1.29, 1.82) is 0 Å². The van der Waals surface area contributed by atoms with Crippen molar-refractivity contribution < 1.29 is 9.72 Å². The SMILES string of the molecule is O=C(CNc1nnc(SCc2cccc3ccccc23)s1)c1cccc([N+](=O)[O-])c1. The number of rotatable bonds is 8. The van der Waals surface area contributed by atoms with Crippen molar-refractivity contribution in [2.45, 2.75) is 10.1 Å². The van der Waals surface area contributed by atoms with Gasteiger partial charge < -0.3 is 5.32 Å². The molecule has 0 aliphatic rings. The molecule has 0 atom stereocenters. The Labute approximate surface area is 180 Å². The van der Waals surface area contributed by atoms with E-state index >= 15 is 0 Å². The highest BCUT2D eigenvalue weighted by atomic mass is 32.2. The zero-order chi connectivity index (χ0) is 20.9. The first-order chi connectivity index (χ1) is 14.6. The quantitative estimate of drug-likeness (QED) is 0.176. The second-order valence-corrected chi connectivity index (χ2v) is 8.58. The van der Waals surface area contributed by atoms with E-state index in [0.29, 0.717) is 5.13 Å². The van der Waals surface area contributed by atoms with Crippen LogP contribution in [0, 0.1) is 10.1 Å². The van der Waals surface area contributed by atoms with Gasteiger partial charge in [-0.1, -0.05) is 77.7 Å². The lowest BCUT2D eigenvalue weighted by Gasteiger charge is -2.04. The Morgan fingerprint density at radius 3 is 2.73 bits per heavy atom. The van der Waals surface area contributed by atoms with Crippen LogP contribution in [0.1, 0.15) is 15.9 Å². The molecule has 30 heavy (non-hydrogen) atoms. The van der Waals surface area contributed by atoms with Crippen molar-refractivity contribution in [3.63, 3.8) is 0 Å². The molecule has 1 heterocycles. The van der Waals surface area contributed by atoms with Gasteiger partial charge >= 0.3 is 0 Å². The molecule has 3 aromatic carbocycles. The Bertz CT molecular complexity index is 1220. The first-order valence-corrected chi connectivity index (χ1v) is 10.8. The molecule has 9 heteroatoms. The topological polar surface area (TPSA) is 98.0 Å². The maximum atomic E-state index is 12.3. The number of Topliss-reactive ketones (excluding diaryl/α,β-unsaturated/α-hetero) is 1. The third-order valence-corrected chi connectivity index (χ3v) is 6.48. The van der Waals surface area contributed by atoms with Crippen molar-refractivity contribution in [2.75, 3.05) is 11.9 Å². The molecule has 0 unspecified atom stereocenters. The summed E-state index contributed by atoms with van der Waals surface area (Å²) in [4.78, 5) is 22.6. The number of thioether (sulfide) groups is 1. The minimum Gasteiger partial charge on any atom is -0.353 e. The molecular formula is C21H16N4O3S2. The number of aromatic nitrogens is 2. The number of nitro benzene ring substituents is 1. The minimum atomic E-state index is -0.519. The summed E-state index contributed by atoms with van der Waals surface area (Å²) in [5.74, 6) is 0.515. The van der Waals surface area contributed by atoms with Crippen LogP contribution in [-0.4, -0.2) is 27.4 Å². The molecule has 0 aliphatic heterocycles. The Morgan fingerprint density at radius 1 is 1.07 bits per heavy atom. The van der Waals surface area contributed by atoms with Crippen molar-refractivity contribution in [1.82, 2.24) is 10.2 Å². The zero-order valence-corrected chi connectivity index (χ0v) is 17.3. The monoisotopic (exact) mass is 436 g/mol. The number of carbonyl (C=O) groups is 1. The van der Waals surface area contributed by atoms with Gasteiger partial charge in [-0.25, -0.2) is 0 Å². The fraction of sp³-hybridized carbons (Fsp3) is 0.0952. The number of hydrogen-bond donors (Lipinski definition) is 1. The van der Waals surface area contributed by atoms with Crippen LogP contribution in [0.3, 0.4) is 0 Å². The number of ketones is 1. The van der Waals surface area contributed by atoms with Gasteiger partial charge in [0.05, 0.1) is 11.5 Å². The van der Waals surface area contributed by atoms with E-state index in [0.717, 1.165) is 10.1 Å². The van der Waals surface area contributed by atoms with Crippen molar-refractivity contribution in [3.8, 4) is 0 Å². The lowest BCUT2D eigenvalue weighted by molar-refractivity contribution is -0.384. The van der Waals surface area contributed by atoms with E-state index in [-0.39, 0.29) is 23.6 Å². The number of fused-ring (bicyclic) bond motifs is 1.